The minimum Gasteiger partial charge on any atom is -0.314 e. The Morgan fingerprint density at radius 1 is 1.16 bits per heavy atom. The van der Waals surface area contributed by atoms with Crippen molar-refractivity contribution in [2.45, 2.75) is 64.3 Å². The van der Waals surface area contributed by atoms with Crippen LogP contribution in [0.25, 0.3) is 0 Å². The zero-order valence-corrected chi connectivity index (χ0v) is 12.3. The third-order valence-corrected chi connectivity index (χ3v) is 4.38. The molecule has 19 heavy (non-hydrogen) atoms. The summed E-state index contributed by atoms with van der Waals surface area (Å²) in [6.45, 7) is 3.42. The van der Waals surface area contributed by atoms with E-state index in [0.29, 0.717) is 0 Å². The molecule has 1 N–H and O–H groups in total. The molecule has 2 nitrogen and oxygen atoms in total. The minimum absolute atomic E-state index is 0.753. The van der Waals surface area contributed by atoms with Gasteiger partial charge in [0.15, 0.2) is 0 Å². The summed E-state index contributed by atoms with van der Waals surface area (Å²) in [5.74, 6) is 0.997. The lowest BCUT2D eigenvalue weighted by molar-refractivity contribution is 0.411. The first kappa shape index (κ1) is 14.5. The average Bonchev–Trinajstić information content (AvgIpc) is 2.66. The molecule has 1 aromatic rings. The first-order valence-corrected chi connectivity index (χ1v) is 8.00. The van der Waals surface area contributed by atoms with E-state index in [-0.39, 0.29) is 0 Å². The quantitative estimate of drug-likeness (QED) is 0.783. The van der Waals surface area contributed by atoms with E-state index in [9.17, 15) is 0 Å². The standard InChI is InChI=1S/C17H28N2/c1-2-4-15-5-3-6-17(8-7-15)19-14-11-16-9-12-18-13-10-16/h9-10,12-13,15,17,19H,2-8,11,14H2,1H3. The summed E-state index contributed by atoms with van der Waals surface area (Å²) in [6, 6.07) is 4.99. The molecule has 0 spiro atoms. The van der Waals surface area contributed by atoms with E-state index in [4.69, 9.17) is 0 Å². The van der Waals surface area contributed by atoms with Crippen molar-refractivity contribution in [3.8, 4) is 0 Å². The van der Waals surface area contributed by atoms with Crippen molar-refractivity contribution < 1.29 is 0 Å². The molecule has 0 aromatic carbocycles. The molecule has 1 fully saturated rings. The largest absolute Gasteiger partial charge is 0.314 e. The highest BCUT2D eigenvalue weighted by atomic mass is 14.9. The SMILES string of the molecule is CCCC1CCCC(NCCc2ccncc2)CC1. The molecule has 1 saturated carbocycles. The second-order valence-electron chi connectivity index (χ2n) is 5.92. The number of hydrogen-bond acceptors (Lipinski definition) is 2. The van der Waals surface area contributed by atoms with Crippen molar-refractivity contribution in [2.75, 3.05) is 6.54 Å². The summed E-state index contributed by atoms with van der Waals surface area (Å²) in [4.78, 5) is 4.06. The summed E-state index contributed by atoms with van der Waals surface area (Å²) in [5.41, 5.74) is 1.39. The van der Waals surface area contributed by atoms with Gasteiger partial charge in [0, 0.05) is 18.4 Å². The highest BCUT2D eigenvalue weighted by molar-refractivity contribution is 5.09. The maximum absolute atomic E-state index is 4.06. The Bertz CT molecular complexity index is 336. The van der Waals surface area contributed by atoms with Gasteiger partial charge >= 0.3 is 0 Å². The lowest BCUT2D eigenvalue weighted by atomic mass is 9.95. The molecule has 1 aromatic heterocycles. The number of nitrogens with zero attached hydrogens (tertiary/aromatic N) is 1. The van der Waals surface area contributed by atoms with Gasteiger partial charge in [0.05, 0.1) is 0 Å². The second-order valence-corrected chi connectivity index (χ2v) is 5.92. The van der Waals surface area contributed by atoms with Gasteiger partial charge in [0.2, 0.25) is 0 Å². The average molecular weight is 260 g/mol. The van der Waals surface area contributed by atoms with Crippen LogP contribution in [0.5, 0.6) is 0 Å². The molecular formula is C17H28N2. The van der Waals surface area contributed by atoms with Gasteiger partial charge in [-0.25, -0.2) is 0 Å². The first-order chi connectivity index (χ1) is 9.38. The van der Waals surface area contributed by atoms with Crippen molar-refractivity contribution in [3.05, 3.63) is 30.1 Å². The van der Waals surface area contributed by atoms with Crippen LogP contribution in [0, 0.1) is 5.92 Å². The number of hydrogen-bond donors (Lipinski definition) is 1. The molecule has 0 aliphatic heterocycles. The highest BCUT2D eigenvalue weighted by Crippen LogP contribution is 2.26. The van der Waals surface area contributed by atoms with Crippen molar-refractivity contribution in [2.24, 2.45) is 5.92 Å². The van der Waals surface area contributed by atoms with Gasteiger partial charge in [-0.1, -0.05) is 32.6 Å². The number of aromatic nitrogens is 1. The van der Waals surface area contributed by atoms with Gasteiger partial charge in [-0.2, -0.15) is 0 Å². The summed E-state index contributed by atoms with van der Waals surface area (Å²) in [5, 5.41) is 3.75. The van der Waals surface area contributed by atoms with E-state index in [2.05, 4.69) is 29.4 Å². The number of rotatable bonds is 6. The van der Waals surface area contributed by atoms with E-state index in [1.165, 1.54) is 50.5 Å². The Hall–Kier alpha value is -0.890. The van der Waals surface area contributed by atoms with Crippen molar-refractivity contribution in [1.29, 1.82) is 0 Å². The van der Waals surface area contributed by atoms with Crippen LogP contribution in [0.2, 0.25) is 0 Å². The number of nitrogens with one attached hydrogen (secondary N) is 1. The predicted octanol–water partition coefficient (Wildman–Crippen LogP) is 3.96. The fourth-order valence-corrected chi connectivity index (χ4v) is 3.25. The molecule has 106 valence electrons. The summed E-state index contributed by atoms with van der Waals surface area (Å²) in [6.07, 6.45) is 14.7. The number of pyridine rings is 1. The van der Waals surface area contributed by atoms with Gasteiger partial charge in [0.25, 0.3) is 0 Å². The van der Waals surface area contributed by atoms with Crippen LogP contribution in [0.1, 0.15) is 57.4 Å². The summed E-state index contributed by atoms with van der Waals surface area (Å²) >= 11 is 0. The second kappa shape index (κ2) is 8.31. The third-order valence-electron chi connectivity index (χ3n) is 4.38. The van der Waals surface area contributed by atoms with Gasteiger partial charge in [0.1, 0.15) is 0 Å². The van der Waals surface area contributed by atoms with Crippen LogP contribution < -0.4 is 5.32 Å². The summed E-state index contributed by atoms with van der Waals surface area (Å²) < 4.78 is 0. The molecule has 1 heterocycles. The Kier molecular flexibility index (Phi) is 6.35. The van der Waals surface area contributed by atoms with Crippen LogP contribution >= 0.6 is 0 Å². The van der Waals surface area contributed by atoms with Crippen LogP contribution in [-0.2, 0) is 6.42 Å². The van der Waals surface area contributed by atoms with E-state index >= 15 is 0 Å². The van der Waals surface area contributed by atoms with Crippen LogP contribution in [0.15, 0.2) is 24.5 Å². The zero-order valence-electron chi connectivity index (χ0n) is 12.3. The first-order valence-electron chi connectivity index (χ1n) is 8.00. The fraction of sp³-hybridized carbons (Fsp3) is 0.706. The van der Waals surface area contributed by atoms with Crippen molar-refractivity contribution in [1.82, 2.24) is 10.3 Å². The Morgan fingerprint density at radius 3 is 2.79 bits per heavy atom. The normalized spacial score (nSPS) is 24.1. The lowest BCUT2D eigenvalue weighted by Gasteiger charge is -2.16. The maximum Gasteiger partial charge on any atom is 0.0270 e. The fourth-order valence-electron chi connectivity index (χ4n) is 3.25. The molecule has 2 atom stereocenters. The molecule has 2 heteroatoms. The van der Waals surface area contributed by atoms with E-state index < -0.39 is 0 Å². The van der Waals surface area contributed by atoms with Gasteiger partial charge < -0.3 is 5.32 Å². The van der Waals surface area contributed by atoms with Gasteiger partial charge in [-0.05, 0) is 55.8 Å². The molecular weight excluding hydrogens is 232 g/mol. The Morgan fingerprint density at radius 2 is 2.00 bits per heavy atom. The van der Waals surface area contributed by atoms with Crippen molar-refractivity contribution >= 4 is 0 Å². The minimum atomic E-state index is 0.753. The molecule has 0 radical (unpaired) electrons. The Balaban J connectivity index is 1.66. The predicted molar refractivity (Wildman–Crippen MR) is 81.2 cm³/mol. The monoisotopic (exact) mass is 260 g/mol. The van der Waals surface area contributed by atoms with Crippen molar-refractivity contribution in [3.63, 3.8) is 0 Å². The molecule has 0 saturated heterocycles. The lowest BCUT2D eigenvalue weighted by Crippen LogP contribution is -2.30. The van der Waals surface area contributed by atoms with Crippen LogP contribution in [0.3, 0.4) is 0 Å². The molecule has 1 aliphatic carbocycles. The molecule has 2 rings (SSSR count). The molecule has 0 amide bonds. The highest BCUT2D eigenvalue weighted by Gasteiger charge is 2.17. The molecule has 2 unspecified atom stereocenters. The Labute approximate surface area is 118 Å². The van der Waals surface area contributed by atoms with Gasteiger partial charge in [-0.3, -0.25) is 4.98 Å². The third kappa shape index (κ3) is 5.32. The van der Waals surface area contributed by atoms with E-state index in [1.54, 1.807) is 0 Å². The zero-order chi connectivity index (χ0) is 13.3. The molecule has 0 bridgehead atoms. The summed E-state index contributed by atoms with van der Waals surface area (Å²) in [7, 11) is 0. The smallest absolute Gasteiger partial charge is 0.0270 e. The topological polar surface area (TPSA) is 24.9 Å². The van der Waals surface area contributed by atoms with Gasteiger partial charge in [-0.15, -0.1) is 0 Å². The van der Waals surface area contributed by atoms with E-state index in [0.717, 1.165) is 24.9 Å². The van der Waals surface area contributed by atoms with Crippen LogP contribution in [0.4, 0.5) is 0 Å². The maximum atomic E-state index is 4.06. The van der Waals surface area contributed by atoms with E-state index in [1.807, 2.05) is 12.4 Å². The molecule has 1 aliphatic rings. The van der Waals surface area contributed by atoms with Crippen LogP contribution in [-0.4, -0.2) is 17.6 Å².